The summed E-state index contributed by atoms with van der Waals surface area (Å²) in [4.78, 5) is 15.7. The van der Waals surface area contributed by atoms with E-state index in [1.54, 1.807) is 22.9 Å². The van der Waals surface area contributed by atoms with Gasteiger partial charge in [-0.2, -0.15) is 0 Å². The highest BCUT2D eigenvalue weighted by atomic mass is 35.5. The zero-order valence-electron chi connectivity index (χ0n) is 13.9. The van der Waals surface area contributed by atoms with Gasteiger partial charge in [-0.3, -0.25) is 0 Å². The van der Waals surface area contributed by atoms with Gasteiger partial charge in [0.25, 0.3) is 0 Å². The van der Waals surface area contributed by atoms with Gasteiger partial charge >= 0.3 is 5.97 Å². The lowest BCUT2D eigenvalue weighted by Crippen LogP contribution is -2.02. The Kier molecular flexibility index (Phi) is 4.34. The fraction of sp³-hybridized carbons (Fsp3) is 0.294. The van der Waals surface area contributed by atoms with E-state index in [9.17, 15) is 9.90 Å². The largest absolute Gasteiger partial charge is 0.478 e. The summed E-state index contributed by atoms with van der Waals surface area (Å²) >= 11 is 0. The molecule has 130 valence electrons. The van der Waals surface area contributed by atoms with Crippen molar-refractivity contribution >= 4 is 18.4 Å². The molecule has 1 aliphatic rings. The van der Waals surface area contributed by atoms with E-state index < -0.39 is 5.97 Å². The fourth-order valence-electron chi connectivity index (χ4n) is 2.87. The number of aromatic nitrogens is 5. The second-order valence-electron chi connectivity index (χ2n) is 6.19. The van der Waals surface area contributed by atoms with E-state index in [1.165, 1.54) is 12.8 Å². The molecule has 0 unspecified atom stereocenters. The molecule has 7 nitrogen and oxygen atoms in total. The van der Waals surface area contributed by atoms with E-state index in [-0.39, 0.29) is 18.0 Å². The van der Waals surface area contributed by atoms with Gasteiger partial charge in [-0.25, -0.2) is 14.5 Å². The SMILES string of the molecule is Cc1ccc(C(=O)O)cc1-n1cc(-c2cnc(C3CC3)n2C)nn1.Cl. The molecular weight excluding hydrogens is 342 g/mol. The summed E-state index contributed by atoms with van der Waals surface area (Å²) in [5.41, 5.74) is 3.50. The number of nitrogens with zero attached hydrogens (tertiary/aromatic N) is 5. The molecule has 1 saturated carbocycles. The fourth-order valence-corrected chi connectivity index (χ4v) is 2.87. The van der Waals surface area contributed by atoms with Crippen molar-refractivity contribution in [2.75, 3.05) is 0 Å². The van der Waals surface area contributed by atoms with Crippen LogP contribution in [0.4, 0.5) is 0 Å². The molecule has 8 heteroatoms. The third-order valence-corrected chi connectivity index (χ3v) is 4.43. The Hall–Kier alpha value is -2.67. The first kappa shape index (κ1) is 17.2. The van der Waals surface area contributed by atoms with E-state index in [4.69, 9.17) is 0 Å². The highest BCUT2D eigenvalue weighted by molar-refractivity contribution is 5.88. The van der Waals surface area contributed by atoms with E-state index >= 15 is 0 Å². The molecule has 0 atom stereocenters. The average molecular weight is 360 g/mol. The number of carboxylic acids is 1. The van der Waals surface area contributed by atoms with Crippen LogP contribution in [-0.4, -0.2) is 35.6 Å². The molecule has 25 heavy (non-hydrogen) atoms. The summed E-state index contributed by atoms with van der Waals surface area (Å²) < 4.78 is 3.67. The maximum absolute atomic E-state index is 11.2. The Morgan fingerprint density at radius 2 is 2.08 bits per heavy atom. The van der Waals surface area contributed by atoms with Crippen LogP contribution in [0.25, 0.3) is 17.1 Å². The highest BCUT2D eigenvalue weighted by Gasteiger charge is 2.28. The lowest BCUT2D eigenvalue weighted by Gasteiger charge is -2.06. The van der Waals surface area contributed by atoms with Gasteiger partial charge in [0, 0.05) is 13.0 Å². The molecule has 3 aromatic rings. The van der Waals surface area contributed by atoms with Crippen molar-refractivity contribution in [3.05, 3.63) is 47.5 Å². The summed E-state index contributed by atoms with van der Waals surface area (Å²) in [7, 11) is 1.99. The number of aryl methyl sites for hydroxylation is 1. The molecule has 1 aliphatic carbocycles. The Bertz CT molecular complexity index is 942. The summed E-state index contributed by atoms with van der Waals surface area (Å²) in [6.45, 7) is 1.91. The van der Waals surface area contributed by atoms with Gasteiger partial charge in [0.1, 0.15) is 11.5 Å². The van der Waals surface area contributed by atoms with E-state index in [2.05, 4.69) is 19.9 Å². The van der Waals surface area contributed by atoms with Crippen LogP contribution in [0.1, 0.15) is 40.5 Å². The number of aromatic carboxylic acids is 1. The molecule has 0 amide bonds. The first-order chi connectivity index (χ1) is 11.5. The first-order valence-electron chi connectivity index (χ1n) is 7.83. The molecule has 1 fully saturated rings. The maximum atomic E-state index is 11.2. The van der Waals surface area contributed by atoms with Gasteiger partial charge in [0.05, 0.1) is 29.3 Å². The smallest absolute Gasteiger partial charge is 0.335 e. The minimum absolute atomic E-state index is 0. The lowest BCUT2D eigenvalue weighted by molar-refractivity contribution is 0.0697. The van der Waals surface area contributed by atoms with Gasteiger partial charge in [-0.05, 0) is 37.5 Å². The average Bonchev–Trinajstić information content (AvgIpc) is 3.15. The predicted octanol–water partition coefficient (Wildman–Crippen LogP) is 2.97. The molecule has 2 aromatic heterocycles. The van der Waals surface area contributed by atoms with Crippen LogP contribution in [0.15, 0.2) is 30.6 Å². The molecular formula is C17H18ClN5O2. The monoisotopic (exact) mass is 359 g/mol. The summed E-state index contributed by atoms with van der Waals surface area (Å²) in [6, 6.07) is 4.96. The second kappa shape index (κ2) is 6.33. The van der Waals surface area contributed by atoms with Crippen LogP contribution in [0.3, 0.4) is 0 Å². The van der Waals surface area contributed by atoms with Crippen molar-refractivity contribution < 1.29 is 9.90 Å². The second-order valence-corrected chi connectivity index (χ2v) is 6.19. The summed E-state index contributed by atoms with van der Waals surface area (Å²) in [5.74, 6) is 0.689. The topological polar surface area (TPSA) is 85.8 Å². The van der Waals surface area contributed by atoms with Crippen LogP contribution < -0.4 is 0 Å². The van der Waals surface area contributed by atoms with Gasteiger partial charge in [0.2, 0.25) is 0 Å². The predicted molar refractivity (Wildman–Crippen MR) is 94.5 cm³/mol. The van der Waals surface area contributed by atoms with Crippen LogP contribution in [0.2, 0.25) is 0 Å². The van der Waals surface area contributed by atoms with Crippen molar-refractivity contribution in [2.24, 2.45) is 7.05 Å². The standard InChI is InChI=1S/C17H17N5O2.ClH/c1-10-3-4-12(17(23)24)7-14(10)22-9-13(19-20-22)15-8-18-16(21(15)2)11-5-6-11;/h3-4,7-9,11H,5-6H2,1-2H3,(H,23,24);1H. The molecule has 0 radical (unpaired) electrons. The molecule has 0 bridgehead atoms. The molecule has 0 saturated heterocycles. The van der Waals surface area contributed by atoms with Gasteiger partial charge < -0.3 is 9.67 Å². The Morgan fingerprint density at radius 3 is 2.76 bits per heavy atom. The molecule has 4 rings (SSSR count). The summed E-state index contributed by atoms with van der Waals surface area (Å²) in [6.07, 6.45) is 6.01. The van der Waals surface area contributed by atoms with Crippen molar-refractivity contribution in [3.8, 4) is 17.1 Å². The molecule has 0 spiro atoms. The van der Waals surface area contributed by atoms with E-state index in [0.29, 0.717) is 11.6 Å². The van der Waals surface area contributed by atoms with Crippen LogP contribution in [0.5, 0.6) is 0 Å². The van der Waals surface area contributed by atoms with Crippen molar-refractivity contribution in [1.29, 1.82) is 0 Å². The van der Waals surface area contributed by atoms with Gasteiger partial charge in [-0.15, -0.1) is 17.5 Å². The number of halogens is 1. The highest BCUT2D eigenvalue weighted by Crippen LogP contribution is 2.40. The first-order valence-corrected chi connectivity index (χ1v) is 7.83. The Balaban J connectivity index is 0.00000182. The molecule has 0 aliphatic heterocycles. The number of carboxylic acid groups (broad SMARTS) is 1. The zero-order chi connectivity index (χ0) is 16.8. The normalized spacial score (nSPS) is 13.5. The molecule has 2 heterocycles. The Labute approximate surface area is 150 Å². The third kappa shape index (κ3) is 3.02. The minimum Gasteiger partial charge on any atom is -0.478 e. The number of rotatable bonds is 4. The molecule has 1 aromatic carbocycles. The van der Waals surface area contributed by atoms with E-state index in [0.717, 1.165) is 22.8 Å². The Morgan fingerprint density at radius 1 is 1.32 bits per heavy atom. The van der Waals surface area contributed by atoms with Crippen molar-refractivity contribution in [2.45, 2.75) is 25.7 Å². The van der Waals surface area contributed by atoms with Crippen LogP contribution in [0, 0.1) is 6.92 Å². The quantitative estimate of drug-likeness (QED) is 0.774. The number of hydrogen-bond acceptors (Lipinski definition) is 4. The third-order valence-electron chi connectivity index (χ3n) is 4.43. The van der Waals surface area contributed by atoms with Crippen molar-refractivity contribution in [3.63, 3.8) is 0 Å². The van der Waals surface area contributed by atoms with Crippen LogP contribution in [-0.2, 0) is 7.05 Å². The maximum Gasteiger partial charge on any atom is 0.335 e. The minimum atomic E-state index is -0.961. The zero-order valence-corrected chi connectivity index (χ0v) is 14.7. The van der Waals surface area contributed by atoms with Crippen LogP contribution >= 0.6 is 12.4 Å². The number of benzene rings is 1. The molecule has 1 N–H and O–H groups in total. The van der Waals surface area contributed by atoms with Gasteiger partial charge in [0.15, 0.2) is 0 Å². The lowest BCUT2D eigenvalue weighted by atomic mass is 10.1. The number of carbonyl (C=O) groups is 1. The van der Waals surface area contributed by atoms with Gasteiger partial charge in [-0.1, -0.05) is 11.3 Å². The van der Waals surface area contributed by atoms with E-state index in [1.807, 2.05) is 26.4 Å². The summed E-state index contributed by atoms with van der Waals surface area (Å²) in [5, 5.41) is 17.6. The van der Waals surface area contributed by atoms with Crippen molar-refractivity contribution in [1.82, 2.24) is 24.5 Å². The number of hydrogen-bond donors (Lipinski definition) is 1. The number of imidazole rings is 1.